The number of fused-ring (bicyclic) bond motifs is 5. The maximum absolute atomic E-state index is 12.6. The minimum atomic E-state index is -1.31. The number of allylic oxidation sites excluding steroid dienone is 1. The van der Waals surface area contributed by atoms with Crippen LogP contribution in [0.15, 0.2) is 11.6 Å². The molecule has 0 aromatic rings. The maximum Gasteiger partial charge on any atom is 0.407 e. The molecule has 12 atom stereocenters. The van der Waals surface area contributed by atoms with Crippen LogP contribution < -0.4 is 5.32 Å². The second kappa shape index (κ2) is 14.3. The average Bonchev–Trinajstić information content (AvgIpc) is 3.34. The molecule has 8 heteroatoms. The Bertz CT molecular complexity index is 1000. The lowest BCUT2D eigenvalue weighted by Gasteiger charge is -2.58. The van der Waals surface area contributed by atoms with E-state index in [0.717, 1.165) is 54.8 Å². The largest absolute Gasteiger partial charge is 0.446 e. The molecule has 1 heterocycles. The van der Waals surface area contributed by atoms with E-state index in [2.05, 4.69) is 46.0 Å². The van der Waals surface area contributed by atoms with E-state index >= 15 is 0 Å². The number of amides is 1. The summed E-state index contributed by atoms with van der Waals surface area (Å²) in [5.41, 5.74) is 2.25. The Morgan fingerprint density at radius 2 is 1.82 bits per heavy atom. The summed E-state index contributed by atoms with van der Waals surface area (Å²) in [5, 5.41) is 32.1. The van der Waals surface area contributed by atoms with Gasteiger partial charge in [-0.3, -0.25) is 0 Å². The van der Waals surface area contributed by atoms with Crippen LogP contribution in [-0.2, 0) is 14.2 Å². The predicted molar refractivity (Wildman–Crippen MR) is 170 cm³/mol. The first-order valence-corrected chi connectivity index (χ1v) is 17.9. The highest BCUT2D eigenvalue weighted by Crippen LogP contribution is 2.67. The average molecular weight is 620 g/mol. The van der Waals surface area contributed by atoms with Gasteiger partial charge in [0.2, 0.25) is 0 Å². The summed E-state index contributed by atoms with van der Waals surface area (Å²) in [6.45, 7) is 12.9. The molecule has 0 unspecified atom stereocenters. The summed E-state index contributed by atoms with van der Waals surface area (Å²) in [6, 6.07) is 0. The van der Waals surface area contributed by atoms with Gasteiger partial charge in [-0.25, -0.2) is 4.79 Å². The third-order valence-electron chi connectivity index (χ3n) is 12.9. The fourth-order valence-electron chi connectivity index (χ4n) is 10.3. The molecule has 4 aliphatic carbocycles. The fourth-order valence-corrected chi connectivity index (χ4v) is 10.3. The van der Waals surface area contributed by atoms with Crippen molar-refractivity contribution in [1.29, 1.82) is 0 Å². The lowest BCUT2D eigenvalue weighted by Crippen LogP contribution is -2.53. The molecule has 4 N–H and O–H groups in total. The highest BCUT2D eigenvalue weighted by atomic mass is 16.7. The van der Waals surface area contributed by atoms with E-state index in [0.29, 0.717) is 18.4 Å². The first-order chi connectivity index (χ1) is 20.9. The van der Waals surface area contributed by atoms with E-state index in [4.69, 9.17) is 14.2 Å². The lowest BCUT2D eigenvalue weighted by atomic mass is 9.47. The van der Waals surface area contributed by atoms with Crippen molar-refractivity contribution in [3.8, 4) is 0 Å². The molecule has 0 aromatic carbocycles. The molecule has 0 aromatic heterocycles. The van der Waals surface area contributed by atoms with Crippen LogP contribution in [0.5, 0.6) is 0 Å². The number of ether oxygens (including phenoxy) is 3. The minimum Gasteiger partial charge on any atom is -0.446 e. The van der Waals surface area contributed by atoms with Crippen molar-refractivity contribution in [1.82, 2.24) is 5.32 Å². The number of carbonyl (C=O) groups excluding carboxylic acids is 1. The Labute approximate surface area is 265 Å². The highest BCUT2D eigenvalue weighted by molar-refractivity contribution is 5.67. The molecule has 252 valence electrons. The van der Waals surface area contributed by atoms with Crippen molar-refractivity contribution >= 4 is 6.09 Å². The van der Waals surface area contributed by atoms with Crippen LogP contribution >= 0.6 is 0 Å². The molecule has 1 saturated heterocycles. The number of hydrogen-bond donors (Lipinski definition) is 4. The fraction of sp³-hybridized carbons (Fsp3) is 0.917. The van der Waals surface area contributed by atoms with Crippen molar-refractivity contribution in [2.45, 2.75) is 142 Å². The van der Waals surface area contributed by atoms with E-state index in [-0.39, 0.29) is 24.7 Å². The molecule has 5 rings (SSSR count). The third kappa shape index (κ3) is 7.05. The minimum absolute atomic E-state index is 0.0859. The van der Waals surface area contributed by atoms with Crippen molar-refractivity contribution in [2.24, 2.45) is 46.3 Å². The van der Waals surface area contributed by atoms with Crippen LogP contribution in [0.1, 0.15) is 112 Å². The van der Waals surface area contributed by atoms with E-state index < -0.39 is 30.7 Å². The number of aliphatic hydroxyl groups is 3. The summed E-state index contributed by atoms with van der Waals surface area (Å²) in [5.74, 6) is 4.92. The Morgan fingerprint density at radius 3 is 2.59 bits per heavy atom. The molecular formula is C36H61NO7. The first-order valence-electron chi connectivity index (χ1n) is 17.9. The Kier molecular flexibility index (Phi) is 11.1. The van der Waals surface area contributed by atoms with Crippen LogP contribution in [0.25, 0.3) is 0 Å². The number of nitrogens with one attached hydrogen (secondary N) is 1. The molecule has 44 heavy (non-hydrogen) atoms. The van der Waals surface area contributed by atoms with Gasteiger partial charge in [0.15, 0.2) is 6.29 Å². The third-order valence-corrected chi connectivity index (χ3v) is 12.9. The molecule has 3 saturated carbocycles. The summed E-state index contributed by atoms with van der Waals surface area (Å²) in [6.07, 6.45) is 11.6. The second-order valence-corrected chi connectivity index (χ2v) is 16.0. The van der Waals surface area contributed by atoms with Gasteiger partial charge >= 0.3 is 6.09 Å². The monoisotopic (exact) mass is 619 g/mol. The van der Waals surface area contributed by atoms with E-state index in [1.807, 2.05) is 0 Å². The Balaban J connectivity index is 1.07. The number of rotatable bonds is 11. The van der Waals surface area contributed by atoms with E-state index in [9.17, 15) is 20.1 Å². The number of carbonyl (C=O) groups is 1. The van der Waals surface area contributed by atoms with Crippen LogP contribution in [0.3, 0.4) is 0 Å². The molecule has 0 spiro atoms. The molecule has 4 fully saturated rings. The van der Waals surface area contributed by atoms with Crippen LogP contribution in [0.2, 0.25) is 0 Å². The van der Waals surface area contributed by atoms with Crippen LogP contribution in [-0.4, -0.2) is 71.9 Å². The van der Waals surface area contributed by atoms with Crippen molar-refractivity contribution in [3.05, 3.63) is 11.6 Å². The second-order valence-electron chi connectivity index (χ2n) is 16.0. The van der Waals surface area contributed by atoms with Crippen LogP contribution in [0, 0.1) is 46.3 Å². The SMILES string of the molecule is CC(C)CCC[C@@H](C)[C@H]1CC[C@H]2[C@@H]3CC=C4C[C@@H](OC(=O)NCCCO[C@@H]5OC[C@@H](O)[C@H](O)[C@H]5O)CC[C@]4(C)[C@H]3CC[C@]12C. The Hall–Kier alpha value is -1.19. The van der Waals surface area contributed by atoms with Crippen molar-refractivity contribution in [3.63, 3.8) is 0 Å². The number of alkyl carbamates (subject to hydrolysis) is 1. The zero-order valence-corrected chi connectivity index (χ0v) is 28.0. The molecule has 1 amide bonds. The number of aliphatic hydroxyl groups excluding tert-OH is 3. The molecule has 0 bridgehead atoms. The van der Waals surface area contributed by atoms with Gasteiger partial charge in [-0.15, -0.1) is 0 Å². The van der Waals surface area contributed by atoms with E-state index in [1.165, 1.54) is 56.9 Å². The summed E-state index contributed by atoms with van der Waals surface area (Å²) in [4.78, 5) is 12.6. The standard InChI is InChI=1S/C36H61NO7/c1-22(2)8-6-9-23(3)27-12-13-28-26-11-10-24-20-25(14-16-35(24,4)29(26)15-17-36(27,28)5)44-34(41)37-18-7-19-42-33-32(40)31(39)30(38)21-43-33/h10,22-23,25-33,38-40H,6-9,11-21H2,1-5H3,(H,37,41)/t23-,25+,26+,27-,28+,29+,30-,31+,32-,33-,35+,36-/m1/s1. The summed E-state index contributed by atoms with van der Waals surface area (Å²) >= 11 is 0. The molecule has 8 nitrogen and oxygen atoms in total. The predicted octanol–water partition coefficient (Wildman–Crippen LogP) is 5.97. The zero-order valence-electron chi connectivity index (χ0n) is 28.0. The summed E-state index contributed by atoms with van der Waals surface area (Å²) < 4.78 is 16.6. The van der Waals surface area contributed by atoms with Crippen molar-refractivity contribution < 1.29 is 34.3 Å². The first kappa shape index (κ1) is 34.2. The topological polar surface area (TPSA) is 117 Å². The van der Waals surface area contributed by atoms with Gasteiger partial charge in [0, 0.05) is 13.0 Å². The van der Waals surface area contributed by atoms with Gasteiger partial charge in [0.25, 0.3) is 0 Å². The van der Waals surface area contributed by atoms with Crippen LogP contribution in [0.4, 0.5) is 4.79 Å². The lowest BCUT2D eigenvalue weighted by molar-refractivity contribution is -0.269. The highest BCUT2D eigenvalue weighted by Gasteiger charge is 2.59. The zero-order chi connectivity index (χ0) is 31.6. The Morgan fingerprint density at radius 1 is 1.02 bits per heavy atom. The van der Waals surface area contributed by atoms with Gasteiger partial charge in [-0.2, -0.15) is 0 Å². The molecule has 1 aliphatic heterocycles. The molecule has 5 aliphatic rings. The van der Waals surface area contributed by atoms with Gasteiger partial charge in [-0.05, 0) is 97.7 Å². The van der Waals surface area contributed by atoms with E-state index in [1.54, 1.807) is 0 Å². The normalized spacial score (nSPS) is 42.6. The van der Waals surface area contributed by atoms with Crippen molar-refractivity contribution in [2.75, 3.05) is 19.8 Å². The molecule has 0 radical (unpaired) electrons. The van der Waals surface area contributed by atoms with Gasteiger partial charge < -0.3 is 34.8 Å². The molecular weight excluding hydrogens is 558 g/mol. The van der Waals surface area contributed by atoms with Gasteiger partial charge in [0.1, 0.15) is 24.4 Å². The quantitative estimate of drug-likeness (QED) is 0.166. The summed E-state index contributed by atoms with van der Waals surface area (Å²) in [7, 11) is 0. The number of hydrogen-bond acceptors (Lipinski definition) is 7. The smallest absolute Gasteiger partial charge is 0.407 e. The van der Waals surface area contributed by atoms with Gasteiger partial charge in [0.05, 0.1) is 13.2 Å². The maximum atomic E-state index is 12.6. The van der Waals surface area contributed by atoms with Gasteiger partial charge in [-0.1, -0.05) is 65.5 Å².